The van der Waals surface area contributed by atoms with E-state index in [0.717, 1.165) is 16.8 Å². The fourth-order valence-corrected chi connectivity index (χ4v) is 3.05. The van der Waals surface area contributed by atoms with Crippen LogP contribution in [0.1, 0.15) is 40.2 Å². The van der Waals surface area contributed by atoms with Gasteiger partial charge in [0.2, 0.25) is 0 Å². The second-order valence-electron chi connectivity index (χ2n) is 4.36. The van der Waals surface area contributed by atoms with Gasteiger partial charge in [0.25, 0.3) is 0 Å². The van der Waals surface area contributed by atoms with Crippen molar-refractivity contribution < 1.29 is 0 Å². The third kappa shape index (κ3) is 7.65. The third-order valence-corrected chi connectivity index (χ3v) is 4.31. The summed E-state index contributed by atoms with van der Waals surface area (Å²) in [6.45, 7) is 13.7. The molecule has 0 spiro atoms. The molecule has 0 bridgehead atoms. The van der Waals surface area contributed by atoms with Crippen molar-refractivity contribution in [2.24, 2.45) is 0 Å². The number of nitrogens with one attached hydrogen (secondary N) is 1. The summed E-state index contributed by atoms with van der Waals surface area (Å²) in [7, 11) is 0. The standard InChI is InChI=1S/C16H15Cl2NS.2C2H6/c1-3-11(2)5-4-6-16-19-15(10-20-16)13-8-7-12(17)9-14(13)18;2*1-2/h3-10,16,19H,1H2,2H3;2*1-2H3/b6-4+,11-5-;;. The first-order valence-electron chi connectivity index (χ1n) is 8.15. The van der Waals surface area contributed by atoms with E-state index in [1.807, 2.05) is 65.0 Å². The molecule has 0 fully saturated rings. The van der Waals surface area contributed by atoms with Crippen LogP contribution in [0.2, 0.25) is 10.0 Å². The summed E-state index contributed by atoms with van der Waals surface area (Å²) in [5.41, 5.74) is 3.13. The minimum atomic E-state index is 0.214. The van der Waals surface area contributed by atoms with Crippen LogP contribution in [0.4, 0.5) is 0 Å². The molecule has 2 rings (SSSR count). The maximum atomic E-state index is 6.21. The lowest BCUT2D eigenvalue weighted by Gasteiger charge is -2.10. The van der Waals surface area contributed by atoms with Crippen molar-refractivity contribution in [1.29, 1.82) is 0 Å². The van der Waals surface area contributed by atoms with E-state index in [0.29, 0.717) is 10.0 Å². The van der Waals surface area contributed by atoms with Gasteiger partial charge >= 0.3 is 0 Å². The number of thioether (sulfide) groups is 1. The Hall–Kier alpha value is -1.09. The number of rotatable bonds is 4. The zero-order valence-electron chi connectivity index (χ0n) is 15.1. The van der Waals surface area contributed by atoms with Crippen molar-refractivity contribution in [3.8, 4) is 0 Å². The lowest BCUT2D eigenvalue weighted by molar-refractivity contribution is 0.965. The van der Waals surface area contributed by atoms with Gasteiger partial charge < -0.3 is 5.32 Å². The molecule has 1 aliphatic heterocycles. The Morgan fingerprint density at radius 1 is 1.21 bits per heavy atom. The van der Waals surface area contributed by atoms with E-state index < -0.39 is 0 Å². The van der Waals surface area contributed by atoms with Crippen LogP contribution in [-0.4, -0.2) is 5.37 Å². The molecule has 1 nitrogen and oxygen atoms in total. The van der Waals surface area contributed by atoms with E-state index in [2.05, 4.69) is 23.4 Å². The monoisotopic (exact) mass is 383 g/mol. The zero-order chi connectivity index (χ0) is 18.5. The third-order valence-electron chi connectivity index (χ3n) is 2.82. The fraction of sp³-hybridized carbons (Fsp3) is 0.300. The first-order valence-corrected chi connectivity index (χ1v) is 9.85. The lowest BCUT2D eigenvalue weighted by Crippen LogP contribution is -2.17. The van der Waals surface area contributed by atoms with E-state index in [1.54, 1.807) is 17.8 Å². The van der Waals surface area contributed by atoms with E-state index in [9.17, 15) is 0 Å². The molecule has 0 saturated carbocycles. The molecule has 1 unspecified atom stereocenters. The number of allylic oxidation sites excluding steroid dienone is 4. The molecule has 1 aliphatic rings. The topological polar surface area (TPSA) is 12.0 Å². The molecule has 0 amide bonds. The molecule has 0 radical (unpaired) electrons. The Kier molecular flexibility index (Phi) is 12.6. The maximum Gasteiger partial charge on any atom is 0.0954 e. The van der Waals surface area contributed by atoms with Gasteiger partial charge in [0.15, 0.2) is 0 Å². The molecule has 1 aromatic carbocycles. The summed E-state index contributed by atoms with van der Waals surface area (Å²) in [4.78, 5) is 0. The molecule has 1 aromatic rings. The molecule has 4 heteroatoms. The number of halogens is 2. The maximum absolute atomic E-state index is 6.21. The van der Waals surface area contributed by atoms with E-state index >= 15 is 0 Å². The van der Waals surface area contributed by atoms with Crippen LogP contribution in [0.25, 0.3) is 5.70 Å². The summed E-state index contributed by atoms with van der Waals surface area (Å²) >= 11 is 13.8. The summed E-state index contributed by atoms with van der Waals surface area (Å²) < 4.78 is 0. The van der Waals surface area contributed by atoms with Crippen molar-refractivity contribution in [3.05, 3.63) is 75.7 Å². The van der Waals surface area contributed by atoms with Crippen LogP contribution in [0.15, 0.2) is 60.1 Å². The SMILES string of the molecule is C=C/C(C)=C\C=C\C1NC(c2ccc(Cl)cc2Cl)=CS1.CC.CC. The lowest BCUT2D eigenvalue weighted by atomic mass is 10.2. The minimum Gasteiger partial charge on any atom is -0.369 e. The summed E-state index contributed by atoms with van der Waals surface area (Å²) in [6.07, 6.45) is 7.99. The highest BCUT2D eigenvalue weighted by atomic mass is 35.5. The second-order valence-corrected chi connectivity index (χ2v) is 6.22. The summed E-state index contributed by atoms with van der Waals surface area (Å²) in [6, 6.07) is 5.53. The van der Waals surface area contributed by atoms with E-state index in [-0.39, 0.29) is 5.37 Å². The van der Waals surface area contributed by atoms with Gasteiger partial charge in [0, 0.05) is 10.6 Å². The Bertz CT molecular complexity index is 604. The molecule has 0 aliphatic carbocycles. The number of benzene rings is 1. The van der Waals surface area contributed by atoms with Crippen molar-refractivity contribution >= 4 is 40.7 Å². The van der Waals surface area contributed by atoms with Gasteiger partial charge in [-0.15, -0.1) is 11.8 Å². The summed E-state index contributed by atoms with van der Waals surface area (Å²) in [5.74, 6) is 0. The van der Waals surface area contributed by atoms with Gasteiger partial charge in [-0.1, -0.05) is 87.4 Å². The second kappa shape index (κ2) is 13.2. The average Bonchev–Trinajstić information content (AvgIpc) is 3.07. The van der Waals surface area contributed by atoms with Gasteiger partial charge in [-0.3, -0.25) is 0 Å². The predicted molar refractivity (Wildman–Crippen MR) is 115 cm³/mol. The van der Waals surface area contributed by atoms with Gasteiger partial charge in [-0.25, -0.2) is 0 Å². The minimum absolute atomic E-state index is 0.214. The van der Waals surface area contributed by atoms with Crippen LogP contribution < -0.4 is 5.32 Å². The van der Waals surface area contributed by atoms with Gasteiger partial charge in [0.1, 0.15) is 0 Å². The van der Waals surface area contributed by atoms with Crippen LogP contribution in [-0.2, 0) is 0 Å². The predicted octanol–water partition coefficient (Wildman–Crippen LogP) is 7.70. The highest BCUT2D eigenvalue weighted by molar-refractivity contribution is 8.03. The van der Waals surface area contributed by atoms with Crippen molar-refractivity contribution in [2.45, 2.75) is 40.0 Å². The largest absolute Gasteiger partial charge is 0.369 e. The van der Waals surface area contributed by atoms with Gasteiger partial charge in [-0.2, -0.15) is 0 Å². The Labute approximate surface area is 161 Å². The first-order chi connectivity index (χ1) is 11.6. The van der Waals surface area contributed by atoms with Crippen LogP contribution in [0, 0.1) is 0 Å². The molecule has 1 atom stereocenters. The molecule has 0 aromatic heterocycles. The van der Waals surface area contributed by atoms with Crippen molar-refractivity contribution in [1.82, 2.24) is 5.32 Å². The van der Waals surface area contributed by atoms with Crippen LogP contribution in [0.5, 0.6) is 0 Å². The quantitative estimate of drug-likeness (QED) is 0.534. The van der Waals surface area contributed by atoms with E-state index in [4.69, 9.17) is 23.2 Å². The molecular formula is C20H27Cl2NS. The van der Waals surface area contributed by atoms with Crippen molar-refractivity contribution in [3.63, 3.8) is 0 Å². The number of hydrogen-bond donors (Lipinski definition) is 1. The highest BCUT2D eigenvalue weighted by Gasteiger charge is 2.16. The Balaban J connectivity index is 0.00000123. The average molecular weight is 384 g/mol. The molecule has 24 heavy (non-hydrogen) atoms. The Morgan fingerprint density at radius 2 is 1.88 bits per heavy atom. The number of hydrogen-bond acceptors (Lipinski definition) is 2. The van der Waals surface area contributed by atoms with Crippen LogP contribution >= 0.6 is 35.0 Å². The molecule has 1 heterocycles. The normalized spacial score (nSPS) is 16.4. The molecular weight excluding hydrogens is 357 g/mol. The molecule has 132 valence electrons. The van der Waals surface area contributed by atoms with Gasteiger partial charge in [0.05, 0.1) is 16.1 Å². The molecule has 0 saturated heterocycles. The van der Waals surface area contributed by atoms with Crippen molar-refractivity contribution in [2.75, 3.05) is 0 Å². The zero-order valence-corrected chi connectivity index (χ0v) is 17.4. The highest BCUT2D eigenvalue weighted by Crippen LogP contribution is 2.32. The molecule has 1 N–H and O–H groups in total. The van der Waals surface area contributed by atoms with E-state index in [1.165, 1.54) is 0 Å². The summed E-state index contributed by atoms with van der Waals surface area (Å²) in [5, 5.41) is 7.01. The smallest absolute Gasteiger partial charge is 0.0954 e. The first kappa shape index (κ1) is 22.9. The Morgan fingerprint density at radius 3 is 2.46 bits per heavy atom. The fourth-order valence-electron chi connectivity index (χ4n) is 1.68. The van der Waals surface area contributed by atoms with Crippen LogP contribution in [0.3, 0.4) is 0 Å². The van der Waals surface area contributed by atoms with Gasteiger partial charge in [-0.05, 0) is 30.5 Å².